The molecule has 38 heavy (non-hydrogen) atoms. The summed E-state index contributed by atoms with van der Waals surface area (Å²) in [6.45, 7) is 4.17. The number of phenolic OH excluding ortho intramolecular Hbond substituents is 1. The smallest absolute Gasteiger partial charge is 0.337 e. The molecule has 2 atom stereocenters. The predicted octanol–water partition coefficient (Wildman–Crippen LogP) is 5.90. The second-order valence-corrected chi connectivity index (χ2v) is 9.65. The Balaban J connectivity index is 1.55. The lowest BCUT2D eigenvalue weighted by molar-refractivity contribution is -0.140. The fraction of sp³-hybridized carbons (Fsp3) is 0.250. The van der Waals surface area contributed by atoms with Crippen LogP contribution in [0.1, 0.15) is 55.2 Å². The van der Waals surface area contributed by atoms with Gasteiger partial charge in [0.05, 0.1) is 12.2 Å². The number of nitrogens with one attached hydrogen (secondary N) is 1. The number of dihydropyridines is 1. The molecule has 1 aliphatic carbocycles. The number of hydrogen-bond donors (Lipinski definition) is 2. The summed E-state index contributed by atoms with van der Waals surface area (Å²) in [5.41, 5.74) is 5.12. The van der Waals surface area contributed by atoms with Gasteiger partial charge in [0.25, 0.3) is 0 Å². The van der Waals surface area contributed by atoms with Crippen LogP contribution in [-0.2, 0) is 20.9 Å². The molecule has 2 N–H and O–H groups in total. The summed E-state index contributed by atoms with van der Waals surface area (Å²) in [4.78, 5) is 27.4. The van der Waals surface area contributed by atoms with E-state index in [1.165, 1.54) is 0 Å². The van der Waals surface area contributed by atoms with Crippen LogP contribution in [-0.4, -0.2) is 23.5 Å². The normalized spacial score (nSPS) is 19.1. The lowest BCUT2D eigenvalue weighted by Crippen LogP contribution is -2.36. The monoisotopic (exact) mass is 509 g/mol. The Hall–Kier alpha value is -4.32. The highest BCUT2D eigenvalue weighted by atomic mass is 16.5. The van der Waals surface area contributed by atoms with E-state index in [0.29, 0.717) is 47.6 Å². The summed E-state index contributed by atoms with van der Waals surface area (Å²) in [6.07, 6.45) is 1.00. The molecule has 0 radical (unpaired) electrons. The largest absolute Gasteiger partial charge is 0.504 e. The number of carbonyl (C=O) groups is 2. The molecule has 6 heteroatoms. The molecule has 3 aromatic rings. The molecule has 1 heterocycles. The van der Waals surface area contributed by atoms with Crippen molar-refractivity contribution in [1.82, 2.24) is 5.32 Å². The van der Waals surface area contributed by atoms with Crippen molar-refractivity contribution in [2.75, 3.05) is 6.61 Å². The first-order valence-electron chi connectivity index (χ1n) is 12.9. The van der Waals surface area contributed by atoms with Crippen molar-refractivity contribution in [3.8, 4) is 11.5 Å². The average molecular weight is 510 g/mol. The van der Waals surface area contributed by atoms with E-state index in [4.69, 9.17) is 9.47 Å². The van der Waals surface area contributed by atoms with Crippen molar-refractivity contribution in [1.29, 1.82) is 0 Å². The number of rotatable bonds is 7. The van der Waals surface area contributed by atoms with E-state index in [1.807, 2.05) is 74.5 Å². The molecule has 1 aliphatic heterocycles. The first kappa shape index (κ1) is 25.3. The van der Waals surface area contributed by atoms with Gasteiger partial charge in [-0.25, -0.2) is 4.79 Å². The molecule has 0 amide bonds. The molecule has 5 rings (SSSR count). The van der Waals surface area contributed by atoms with Crippen LogP contribution < -0.4 is 10.1 Å². The number of hydrogen-bond acceptors (Lipinski definition) is 6. The van der Waals surface area contributed by atoms with E-state index in [9.17, 15) is 14.7 Å². The van der Waals surface area contributed by atoms with Crippen molar-refractivity contribution < 1.29 is 24.2 Å². The van der Waals surface area contributed by atoms with Gasteiger partial charge in [0.2, 0.25) is 0 Å². The van der Waals surface area contributed by atoms with Crippen molar-refractivity contribution >= 4 is 11.8 Å². The zero-order valence-corrected chi connectivity index (χ0v) is 21.6. The maximum atomic E-state index is 13.8. The van der Waals surface area contributed by atoms with Gasteiger partial charge in [-0.15, -0.1) is 0 Å². The van der Waals surface area contributed by atoms with Crippen LogP contribution in [0, 0.1) is 0 Å². The third-order valence-electron chi connectivity index (χ3n) is 7.15. The molecular weight excluding hydrogens is 478 g/mol. The van der Waals surface area contributed by atoms with E-state index in [0.717, 1.165) is 16.8 Å². The highest BCUT2D eigenvalue weighted by molar-refractivity contribution is 6.04. The number of allylic oxidation sites excluding steroid dienone is 3. The van der Waals surface area contributed by atoms with E-state index in [-0.39, 0.29) is 24.1 Å². The first-order valence-corrected chi connectivity index (χ1v) is 12.9. The number of ether oxygens (including phenoxy) is 2. The molecule has 0 saturated heterocycles. The minimum Gasteiger partial charge on any atom is -0.504 e. The van der Waals surface area contributed by atoms with Crippen molar-refractivity contribution in [2.45, 2.75) is 45.1 Å². The minimum atomic E-state index is -0.640. The Kier molecular flexibility index (Phi) is 7.31. The molecule has 6 nitrogen and oxygen atoms in total. The quantitative estimate of drug-likeness (QED) is 0.386. The summed E-state index contributed by atoms with van der Waals surface area (Å²) < 4.78 is 11.4. The van der Waals surface area contributed by atoms with Gasteiger partial charge in [-0.2, -0.15) is 0 Å². The number of Topliss-reactive ketones (excluding diaryl/α,β-unsaturated/α-hetero) is 1. The Morgan fingerprint density at radius 3 is 2.39 bits per heavy atom. The second kappa shape index (κ2) is 11.0. The summed E-state index contributed by atoms with van der Waals surface area (Å²) in [5, 5.41) is 13.7. The Morgan fingerprint density at radius 1 is 0.974 bits per heavy atom. The van der Waals surface area contributed by atoms with Gasteiger partial charge in [-0.05, 0) is 55.0 Å². The Bertz CT molecular complexity index is 1410. The number of carbonyl (C=O) groups excluding carboxylic acids is 2. The van der Waals surface area contributed by atoms with Gasteiger partial charge in [0, 0.05) is 29.3 Å². The van der Waals surface area contributed by atoms with Gasteiger partial charge in [0.1, 0.15) is 6.61 Å². The van der Waals surface area contributed by atoms with E-state index in [1.54, 1.807) is 18.2 Å². The summed E-state index contributed by atoms with van der Waals surface area (Å²) in [5.74, 6) is -0.770. The maximum absolute atomic E-state index is 13.8. The van der Waals surface area contributed by atoms with Crippen LogP contribution in [0.25, 0.3) is 0 Å². The van der Waals surface area contributed by atoms with Gasteiger partial charge < -0.3 is 19.9 Å². The minimum absolute atomic E-state index is 0.00626. The topological polar surface area (TPSA) is 84.9 Å². The van der Waals surface area contributed by atoms with Crippen LogP contribution in [0.5, 0.6) is 11.5 Å². The third-order valence-corrected chi connectivity index (χ3v) is 7.15. The maximum Gasteiger partial charge on any atom is 0.337 e. The number of ketones is 1. The number of aromatic hydroxyl groups is 1. The van der Waals surface area contributed by atoms with Crippen molar-refractivity contribution in [2.24, 2.45) is 0 Å². The molecule has 0 saturated carbocycles. The molecule has 194 valence electrons. The molecule has 0 unspecified atom stereocenters. The van der Waals surface area contributed by atoms with E-state index >= 15 is 0 Å². The lowest BCUT2D eigenvalue weighted by Gasteiger charge is -2.36. The van der Waals surface area contributed by atoms with Crippen LogP contribution >= 0.6 is 0 Å². The third kappa shape index (κ3) is 5.07. The molecule has 0 aromatic heterocycles. The highest BCUT2D eigenvalue weighted by Crippen LogP contribution is 2.47. The number of phenols is 1. The predicted molar refractivity (Wildman–Crippen MR) is 145 cm³/mol. The second-order valence-electron chi connectivity index (χ2n) is 9.65. The van der Waals surface area contributed by atoms with Crippen LogP contribution in [0.3, 0.4) is 0 Å². The zero-order chi connectivity index (χ0) is 26.6. The van der Waals surface area contributed by atoms with Crippen LogP contribution in [0.4, 0.5) is 0 Å². The van der Waals surface area contributed by atoms with Gasteiger partial charge in [-0.1, -0.05) is 66.7 Å². The summed E-state index contributed by atoms with van der Waals surface area (Å²) in [6, 6.07) is 24.5. The van der Waals surface area contributed by atoms with E-state index in [2.05, 4.69) is 5.32 Å². The first-order chi connectivity index (χ1) is 18.5. The highest BCUT2D eigenvalue weighted by Gasteiger charge is 2.41. The number of benzene rings is 3. The summed E-state index contributed by atoms with van der Waals surface area (Å²) in [7, 11) is 0. The fourth-order valence-electron chi connectivity index (χ4n) is 5.39. The van der Waals surface area contributed by atoms with Gasteiger partial charge >= 0.3 is 5.97 Å². The zero-order valence-electron chi connectivity index (χ0n) is 21.6. The number of esters is 1. The van der Waals surface area contributed by atoms with E-state index < -0.39 is 11.9 Å². The molecular formula is C32H31NO5. The molecule has 0 bridgehead atoms. The molecule has 3 aromatic carbocycles. The van der Waals surface area contributed by atoms with Gasteiger partial charge in [0.15, 0.2) is 17.3 Å². The molecule has 2 aliphatic rings. The Morgan fingerprint density at radius 2 is 1.68 bits per heavy atom. The SMILES string of the molecule is CCOc1cc([C@H]2C(C(=O)OCc3ccccc3)=C(C)NC3=C2C(=O)C[C@H](c2ccccc2)C3)ccc1O. The Labute approximate surface area is 222 Å². The standard InChI is InChI=1S/C32H31NO5/c1-3-37-28-18-23(14-15-26(28)34)30-29(32(36)38-19-21-10-6-4-7-11-21)20(2)33-25-16-24(17-27(35)31(25)30)22-12-8-5-9-13-22/h4-15,18,24,30,33-34H,3,16-17,19H2,1-2H3/t24-,30+/m1/s1. The average Bonchev–Trinajstić information content (AvgIpc) is 2.93. The van der Waals surface area contributed by atoms with Gasteiger partial charge in [-0.3, -0.25) is 4.79 Å². The van der Waals surface area contributed by atoms with Crippen LogP contribution in [0.15, 0.2) is 101 Å². The molecule has 0 spiro atoms. The fourth-order valence-corrected chi connectivity index (χ4v) is 5.39. The lowest BCUT2D eigenvalue weighted by atomic mass is 9.71. The van der Waals surface area contributed by atoms with Crippen molar-refractivity contribution in [3.05, 3.63) is 118 Å². The molecule has 0 fully saturated rings. The van der Waals surface area contributed by atoms with Crippen molar-refractivity contribution in [3.63, 3.8) is 0 Å². The summed E-state index contributed by atoms with van der Waals surface area (Å²) >= 11 is 0. The van der Waals surface area contributed by atoms with Crippen LogP contribution in [0.2, 0.25) is 0 Å².